The molecule has 1 saturated heterocycles. The van der Waals surface area contributed by atoms with Gasteiger partial charge in [-0.25, -0.2) is 0 Å². The minimum Gasteiger partial charge on any atom is -0.393 e. The Hall–Kier alpha value is -1.13. The molecule has 1 amide bonds. The molecular formula is C14H19NO2S. The molecule has 1 aliphatic heterocycles. The quantitative estimate of drug-likeness (QED) is 0.852. The number of rotatable bonds is 3. The van der Waals surface area contributed by atoms with Crippen LogP contribution in [0.25, 0.3) is 6.08 Å². The number of carbonyl (C=O) groups is 1. The summed E-state index contributed by atoms with van der Waals surface area (Å²) in [5.41, 5.74) is 0. The van der Waals surface area contributed by atoms with E-state index in [1.54, 1.807) is 24.3 Å². The lowest BCUT2D eigenvalue weighted by molar-refractivity contribution is -0.125. The van der Waals surface area contributed by atoms with Gasteiger partial charge in [-0.15, -0.1) is 11.3 Å². The van der Waals surface area contributed by atoms with E-state index in [9.17, 15) is 9.90 Å². The minimum atomic E-state index is -0.327. The Morgan fingerprint density at radius 3 is 2.94 bits per heavy atom. The molecule has 1 aliphatic rings. The second kappa shape index (κ2) is 5.67. The molecule has 0 saturated carbocycles. The molecule has 1 N–H and O–H groups in total. The van der Waals surface area contributed by atoms with Gasteiger partial charge >= 0.3 is 0 Å². The fourth-order valence-corrected chi connectivity index (χ4v) is 2.96. The summed E-state index contributed by atoms with van der Waals surface area (Å²) < 4.78 is 0. The normalized spacial score (nSPS) is 21.7. The first-order chi connectivity index (χ1) is 8.56. The number of aliphatic hydroxyl groups is 1. The number of nitrogens with zero attached hydrogens (tertiary/aromatic N) is 1. The molecule has 0 spiro atoms. The average molecular weight is 265 g/mol. The van der Waals surface area contributed by atoms with E-state index in [0.29, 0.717) is 6.54 Å². The van der Waals surface area contributed by atoms with Crippen molar-refractivity contribution in [1.29, 1.82) is 0 Å². The summed E-state index contributed by atoms with van der Waals surface area (Å²) in [6, 6.07) is 4.07. The van der Waals surface area contributed by atoms with Crippen LogP contribution in [-0.2, 0) is 4.79 Å². The van der Waals surface area contributed by atoms with Gasteiger partial charge < -0.3 is 10.0 Å². The third-order valence-electron chi connectivity index (χ3n) is 3.37. The maximum absolute atomic E-state index is 12.0. The summed E-state index contributed by atoms with van der Waals surface area (Å²) in [6.45, 7) is 5.27. The van der Waals surface area contributed by atoms with Crippen LogP contribution in [-0.4, -0.2) is 35.1 Å². The Balaban J connectivity index is 1.91. The van der Waals surface area contributed by atoms with Crippen molar-refractivity contribution < 1.29 is 9.90 Å². The van der Waals surface area contributed by atoms with Crippen molar-refractivity contribution in [1.82, 2.24) is 4.90 Å². The highest BCUT2D eigenvalue weighted by atomic mass is 32.1. The molecule has 98 valence electrons. The molecule has 0 radical (unpaired) electrons. The van der Waals surface area contributed by atoms with Crippen molar-refractivity contribution in [3.05, 3.63) is 28.0 Å². The lowest BCUT2D eigenvalue weighted by atomic mass is 10.0. The third kappa shape index (κ3) is 3.21. The monoisotopic (exact) mass is 265 g/mol. The van der Waals surface area contributed by atoms with Gasteiger partial charge in [0.2, 0.25) is 5.91 Å². The molecule has 2 rings (SSSR count). The number of hydrogen-bond acceptors (Lipinski definition) is 3. The summed E-state index contributed by atoms with van der Waals surface area (Å²) in [6.07, 6.45) is 4.08. The van der Waals surface area contributed by atoms with E-state index in [1.165, 1.54) is 4.88 Å². The topological polar surface area (TPSA) is 40.5 Å². The molecule has 0 aliphatic carbocycles. The van der Waals surface area contributed by atoms with Crippen LogP contribution in [0.2, 0.25) is 0 Å². The number of likely N-dealkylation sites (tertiary alicyclic amines) is 1. The Morgan fingerprint density at radius 2 is 2.39 bits per heavy atom. The fourth-order valence-electron chi connectivity index (χ4n) is 2.18. The van der Waals surface area contributed by atoms with Crippen LogP contribution >= 0.6 is 11.3 Å². The largest absolute Gasteiger partial charge is 0.393 e. The molecule has 1 fully saturated rings. The van der Waals surface area contributed by atoms with Crippen molar-refractivity contribution >= 4 is 23.3 Å². The van der Waals surface area contributed by atoms with E-state index in [4.69, 9.17) is 0 Å². The van der Waals surface area contributed by atoms with E-state index < -0.39 is 0 Å². The first kappa shape index (κ1) is 13.3. The van der Waals surface area contributed by atoms with Crippen LogP contribution in [0.1, 0.15) is 23.1 Å². The van der Waals surface area contributed by atoms with Crippen LogP contribution in [0.3, 0.4) is 0 Å². The van der Waals surface area contributed by atoms with Crippen molar-refractivity contribution in [3.63, 3.8) is 0 Å². The molecule has 4 heteroatoms. The lowest BCUT2D eigenvalue weighted by Gasteiger charge is -2.15. The molecule has 0 aromatic carbocycles. The number of carbonyl (C=O) groups excluding carboxylic acids is 1. The molecule has 0 bridgehead atoms. The molecule has 18 heavy (non-hydrogen) atoms. The highest BCUT2D eigenvalue weighted by Crippen LogP contribution is 2.21. The van der Waals surface area contributed by atoms with Crippen LogP contribution < -0.4 is 0 Å². The zero-order valence-corrected chi connectivity index (χ0v) is 11.6. The molecule has 1 aromatic heterocycles. The Bertz CT molecular complexity index is 450. The van der Waals surface area contributed by atoms with E-state index >= 15 is 0 Å². The highest BCUT2D eigenvalue weighted by Gasteiger charge is 2.27. The lowest BCUT2D eigenvalue weighted by Crippen LogP contribution is -2.28. The predicted octanol–water partition coefficient (Wildman–Crippen LogP) is 2.30. The average Bonchev–Trinajstić information content (AvgIpc) is 2.94. The molecule has 2 heterocycles. The summed E-state index contributed by atoms with van der Waals surface area (Å²) in [7, 11) is 0. The zero-order valence-electron chi connectivity index (χ0n) is 10.8. The van der Waals surface area contributed by atoms with Crippen LogP contribution in [0.15, 0.2) is 18.2 Å². The fraction of sp³-hybridized carbons (Fsp3) is 0.500. The standard InChI is InChI=1S/C14H19NO2S/c1-10-3-4-13(18-10)5-6-14(17)15-8-7-12(9-15)11(2)16/h3-6,11-12,16H,7-9H2,1-2H3/b6-5+. The summed E-state index contributed by atoms with van der Waals surface area (Å²) in [4.78, 5) is 16.1. The Labute approximate surface area is 112 Å². The van der Waals surface area contributed by atoms with E-state index in [-0.39, 0.29) is 17.9 Å². The molecule has 3 nitrogen and oxygen atoms in total. The zero-order chi connectivity index (χ0) is 13.1. The van der Waals surface area contributed by atoms with Crippen LogP contribution in [0, 0.1) is 12.8 Å². The second-order valence-electron chi connectivity index (χ2n) is 4.86. The van der Waals surface area contributed by atoms with Gasteiger partial charge in [0.1, 0.15) is 0 Å². The summed E-state index contributed by atoms with van der Waals surface area (Å²) in [5, 5.41) is 9.51. The maximum Gasteiger partial charge on any atom is 0.246 e. The molecule has 2 unspecified atom stereocenters. The van der Waals surface area contributed by atoms with E-state index in [2.05, 4.69) is 6.92 Å². The predicted molar refractivity (Wildman–Crippen MR) is 74.5 cm³/mol. The first-order valence-corrected chi connectivity index (χ1v) is 7.09. The molecule has 1 aromatic rings. The Morgan fingerprint density at radius 1 is 1.61 bits per heavy atom. The van der Waals surface area contributed by atoms with E-state index in [1.807, 2.05) is 23.1 Å². The number of thiophene rings is 1. The SMILES string of the molecule is Cc1ccc(/C=C/C(=O)N2CCC(C(C)O)C2)s1. The van der Waals surface area contributed by atoms with Gasteiger partial charge in [0.05, 0.1) is 6.10 Å². The smallest absolute Gasteiger partial charge is 0.246 e. The number of amides is 1. The summed E-state index contributed by atoms with van der Waals surface area (Å²) >= 11 is 1.68. The highest BCUT2D eigenvalue weighted by molar-refractivity contribution is 7.12. The van der Waals surface area contributed by atoms with Crippen molar-refractivity contribution in [2.24, 2.45) is 5.92 Å². The van der Waals surface area contributed by atoms with Gasteiger partial charge in [-0.05, 0) is 38.5 Å². The second-order valence-corrected chi connectivity index (χ2v) is 6.17. The van der Waals surface area contributed by atoms with Gasteiger partial charge in [0.15, 0.2) is 0 Å². The number of hydrogen-bond donors (Lipinski definition) is 1. The van der Waals surface area contributed by atoms with Crippen molar-refractivity contribution in [2.45, 2.75) is 26.4 Å². The Kier molecular flexibility index (Phi) is 4.19. The van der Waals surface area contributed by atoms with Gasteiger partial charge in [0.25, 0.3) is 0 Å². The van der Waals surface area contributed by atoms with Gasteiger partial charge in [-0.2, -0.15) is 0 Å². The van der Waals surface area contributed by atoms with Gasteiger partial charge in [-0.3, -0.25) is 4.79 Å². The van der Waals surface area contributed by atoms with Crippen LogP contribution in [0.4, 0.5) is 0 Å². The maximum atomic E-state index is 12.0. The van der Waals surface area contributed by atoms with Crippen molar-refractivity contribution in [3.8, 4) is 0 Å². The van der Waals surface area contributed by atoms with Crippen molar-refractivity contribution in [2.75, 3.05) is 13.1 Å². The molecule has 2 atom stereocenters. The number of aliphatic hydroxyl groups excluding tert-OH is 1. The van der Waals surface area contributed by atoms with Gasteiger partial charge in [0, 0.05) is 34.8 Å². The minimum absolute atomic E-state index is 0.0456. The summed E-state index contributed by atoms with van der Waals surface area (Å²) in [5.74, 6) is 0.274. The number of aryl methyl sites for hydroxylation is 1. The van der Waals surface area contributed by atoms with Gasteiger partial charge in [-0.1, -0.05) is 0 Å². The third-order valence-corrected chi connectivity index (χ3v) is 4.34. The molecular weight excluding hydrogens is 246 g/mol. The van der Waals surface area contributed by atoms with E-state index in [0.717, 1.165) is 17.8 Å². The van der Waals surface area contributed by atoms with Crippen LogP contribution in [0.5, 0.6) is 0 Å². The first-order valence-electron chi connectivity index (χ1n) is 6.28.